The quantitative estimate of drug-likeness (QED) is 0.120. The molecule has 348 valence electrons. The molecule has 3 saturated carbocycles. The van der Waals surface area contributed by atoms with E-state index in [2.05, 4.69) is 16.0 Å². The van der Waals surface area contributed by atoms with E-state index < -0.39 is 65.0 Å². The number of likely N-dealkylation sites (N-methyl/N-ethyl adjacent to an activating group) is 1. The molecule has 5 aliphatic rings. The number of aromatic nitrogens is 2. The molecule has 4 N–H and O–H groups in total. The highest BCUT2D eigenvalue weighted by molar-refractivity contribution is 7.14. The van der Waals surface area contributed by atoms with Crippen LogP contribution in [0.2, 0.25) is 5.02 Å². The fraction of sp³-hybridized carbons (Fsp3) is 0.644. The van der Waals surface area contributed by atoms with Crippen molar-refractivity contribution >= 4 is 62.8 Å². The molecule has 0 spiro atoms. The SMILES string of the molecule is CC[C@@H]1C[C@]1(NC(=O)[C@@H]1C[C@@H](Oc2cc(-c3csc(NC(C)C)n3)nc3c(Cl)c(OC[C@@H]4CC(F)(F)CN4C)ccc23)CN1C(=O)[C@@H](NC(=O)OC1C[C@@H]2C[C@@H]2C1)C(C)(C)C)C(=O)O. The highest BCUT2D eigenvalue weighted by atomic mass is 35.5. The first-order valence-corrected chi connectivity index (χ1v) is 23.5. The molecule has 3 aromatic rings. The van der Waals surface area contributed by atoms with Gasteiger partial charge in [0.25, 0.3) is 5.92 Å². The Morgan fingerprint density at radius 3 is 2.39 bits per heavy atom. The van der Waals surface area contributed by atoms with Gasteiger partial charge in [0.05, 0.1) is 24.3 Å². The minimum Gasteiger partial charge on any atom is -0.490 e. The number of carbonyl (C=O) groups is 4. The van der Waals surface area contributed by atoms with Crippen molar-refractivity contribution in [3.8, 4) is 22.9 Å². The van der Waals surface area contributed by atoms with E-state index in [0.29, 0.717) is 51.4 Å². The van der Waals surface area contributed by atoms with E-state index in [1.807, 2.05) is 46.9 Å². The first-order valence-electron chi connectivity index (χ1n) is 22.2. The van der Waals surface area contributed by atoms with Crippen molar-refractivity contribution < 1.29 is 47.3 Å². The van der Waals surface area contributed by atoms with Crippen LogP contribution in [0.25, 0.3) is 22.3 Å². The number of alkyl halides is 2. The number of nitrogens with zero attached hydrogens (tertiary/aromatic N) is 4. The molecular formula is C45H58ClF2N7O8S. The van der Waals surface area contributed by atoms with Crippen LogP contribution in [0.5, 0.6) is 11.5 Å². The molecule has 2 aromatic heterocycles. The third-order valence-electron chi connectivity index (χ3n) is 13.4. The minimum atomic E-state index is -2.83. The zero-order valence-corrected chi connectivity index (χ0v) is 38.8. The summed E-state index contributed by atoms with van der Waals surface area (Å²) in [6.45, 7) is 10.8. The van der Waals surface area contributed by atoms with Crippen molar-refractivity contribution in [3.05, 3.63) is 28.6 Å². The molecule has 0 radical (unpaired) electrons. The molecule has 2 aliphatic heterocycles. The summed E-state index contributed by atoms with van der Waals surface area (Å²) in [7, 11) is 1.63. The van der Waals surface area contributed by atoms with Gasteiger partial charge in [-0.15, -0.1) is 11.3 Å². The summed E-state index contributed by atoms with van der Waals surface area (Å²) in [6, 6.07) is 2.36. The van der Waals surface area contributed by atoms with E-state index in [1.165, 1.54) is 16.2 Å². The lowest BCUT2D eigenvalue weighted by Crippen LogP contribution is -2.59. The Hall–Kier alpha value is -4.55. The number of ether oxygens (including phenoxy) is 3. The Morgan fingerprint density at radius 2 is 1.77 bits per heavy atom. The van der Waals surface area contributed by atoms with Gasteiger partial charge in [-0.2, -0.15) is 0 Å². The monoisotopic (exact) mass is 929 g/mol. The summed E-state index contributed by atoms with van der Waals surface area (Å²) < 4.78 is 47.0. The van der Waals surface area contributed by atoms with Crippen molar-refractivity contribution in [2.45, 2.75) is 134 Å². The number of alkyl carbamates (subject to hydrolysis) is 1. The number of nitrogens with one attached hydrogen (secondary N) is 3. The van der Waals surface area contributed by atoms with Crippen molar-refractivity contribution in [2.75, 3.05) is 32.1 Å². The number of hydrogen-bond acceptors (Lipinski definition) is 12. The molecule has 64 heavy (non-hydrogen) atoms. The van der Waals surface area contributed by atoms with Crippen molar-refractivity contribution in [1.29, 1.82) is 0 Å². The Bertz CT molecular complexity index is 2300. The number of fused-ring (bicyclic) bond motifs is 2. The molecule has 3 amide bonds. The molecule has 1 aromatic carbocycles. The number of hydrogen-bond donors (Lipinski definition) is 4. The Morgan fingerprint density at radius 1 is 1.03 bits per heavy atom. The standard InChI is InChI=1S/C45H58ClF2N7O8S/c1-8-25-16-45(25,40(58)59)53-38(56)32-14-28(18-55(32)39(57)37(43(4,5)6)52-42(60)63-27-12-23-11-24(23)13-27)62-34-15-30(31-20-64-41(51-31)49-22(2)3)50-36-29(34)9-10-33(35(36)46)61-19-26-17-44(47,48)21-54(26)7/h9-10,15,20,22-28,32,37H,8,11-14,16-19,21H2,1-7H3,(H,49,51)(H,52,60)(H,53,56)(H,58,59)/t23-,24+,25-,26+,27?,28-,32+,37-,45-/m1/s1. The zero-order valence-electron chi connectivity index (χ0n) is 37.2. The Balaban J connectivity index is 1.10. The van der Waals surface area contributed by atoms with Crippen LogP contribution in [-0.2, 0) is 19.1 Å². The van der Waals surface area contributed by atoms with Gasteiger partial charge >= 0.3 is 12.1 Å². The predicted molar refractivity (Wildman–Crippen MR) is 237 cm³/mol. The maximum atomic E-state index is 14.8. The van der Waals surface area contributed by atoms with E-state index >= 15 is 0 Å². The average Bonchev–Trinajstić information content (AvgIpc) is 3.79. The van der Waals surface area contributed by atoms with Gasteiger partial charge in [0.15, 0.2) is 5.13 Å². The number of aliphatic carboxylic acids is 1. The highest BCUT2D eigenvalue weighted by Crippen LogP contribution is 2.52. The number of likely N-dealkylation sites (tertiary alicyclic amines) is 2. The van der Waals surface area contributed by atoms with E-state index in [0.717, 1.165) is 19.3 Å². The van der Waals surface area contributed by atoms with Crippen molar-refractivity contribution in [2.24, 2.45) is 23.2 Å². The molecule has 5 fully saturated rings. The number of carboxylic acids is 1. The second-order valence-corrected chi connectivity index (χ2v) is 21.0. The van der Waals surface area contributed by atoms with E-state index in [1.54, 1.807) is 30.1 Å². The third-order valence-corrected chi connectivity index (χ3v) is 14.6. The van der Waals surface area contributed by atoms with Crippen LogP contribution in [0.4, 0.5) is 18.7 Å². The number of carboxylic acid groups (broad SMARTS) is 1. The van der Waals surface area contributed by atoms with Gasteiger partial charge in [-0.25, -0.2) is 28.3 Å². The maximum absolute atomic E-state index is 14.8. The summed E-state index contributed by atoms with van der Waals surface area (Å²) in [4.78, 5) is 67.6. The van der Waals surface area contributed by atoms with E-state index in [4.69, 9.17) is 35.8 Å². The number of carbonyl (C=O) groups excluding carboxylic acids is 3. The number of halogens is 3. The summed E-state index contributed by atoms with van der Waals surface area (Å²) in [6.07, 6.45) is 1.46. The number of pyridine rings is 1. The van der Waals surface area contributed by atoms with Crippen molar-refractivity contribution in [3.63, 3.8) is 0 Å². The number of anilines is 1. The highest BCUT2D eigenvalue weighted by Gasteiger charge is 2.62. The molecule has 1 unspecified atom stereocenters. The van der Waals surface area contributed by atoms with Crippen LogP contribution in [0.15, 0.2) is 23.6 Å². The smallest absolute Gasteiger partial charge is 0.408 e. The van der Waals surface area contributed by atoms with Gasteiger partial charge < -0.3 is 40.2 Å². The fourth-order valence-corrected chi connectivity index (χ4v) is 10.8. The summed E-state index contributed by atoms with van der Waals surface area (Å²) in [5.74, 6) is -3.71. The second kappa shape index (κ2) is 17.3. The van der Waals surface area contributed by atoms with E-state index in [9.17, 15) is 33.1 Å². The van der Waals surface area contributed by atoms with Crippen LogP contribution < -0.4 is 25.4 Å². The van der Waals surface area contributed by atoms with Gasteiger partial charge in [-0.05, 0) is 81.9 Å². The largest absolute Gasteiger partial charge is 0.490 e. The molecule has 15 nitrogen and oxygen atoms in total. The molecule has 3 aliphatic carbocycles. The maximum Gasteiger partial charge on any atom is 0.408 e. The zero-order chi connectivity index (χ0) is 46.0. The Labute approximate surface area is 380 Å². The molecule has 19 heteroatoms. The molecule has 0 bridgehead atoms. The first-order chi connectivity index (χ1) is 30.1. The number of rotatable bonds is 15. The van der Waals surface area contributed by atoms with Gasteiger partial charge in [-0.1, -0.05) is 45.7 Å². The lowest BCUT2D eigenvalue weighted by atomic mass is 9.85. The van der Waals surface area contributed by atoms with Crippen LogP contribution >= 0.6 is 22.9 Å². The fourth-order valence-electron chi connectivity index (χ4n) is 9.71. The van der Waals surface area contributed by atoms with Crippen molar-refractivity contribution in [1.82, 2.24) is 30.4 Å². The van der Waals surface area contributed by atoms with Gasteiger partial charge in [0, 0.05) is 41.8 Å². The number of benzene rings is 1. The normalized spacial score (nSPS) is 28.7. The summed E-state index contributed by atoms with van der Waals surface area (Å²) >= 11 is 8.43. The number of thiazole rings is 1. The third kappa shape index (κ3) is 9.55. The van der Waals surface area contributed by atoms with E-state index in [-0.39, 0.29) is 67.8 Å². The second-order valence-electron chi connectivity index (χ2n) is 19.8. The molecular weight excluding hydrogens is 872 g/mol. The van der Waals surface area contributed by atoms with Gasteiger partial charge in [0.1, 0.15) is 58.7 Å². The van der Waals surface area contributed by atoms with Crippen LogP contribution in [0.3, 0.4) is 0 Å². The minimum absolute atomic E-state index is 0.0109. The van der Waals surface area contributed by atoms with Crippen LogP contribution in [0.1, 0.15) is 86.5 Å². The summed E-state index contributed by atoms with van der Waals surface area (Å²) in [5, 5.41) is 22.2. The Kier molecular flexibility index (Phi) is 12.5. The first kappa shape index (κ1) is 46.0. The molecule has 4 heterocycles. The number of amides is 3. The molecule has 2 saturated heterocycles. The van der Waals surface area contributed by atoms with Gasteiger partial charge in [0.2, 0.25) is 11.8 Å². The summed E-state index contributed by atoms with van der Waals surface area (Å²) in [5.41, 5.74) is -1.06. The lowest BCUT2D eigenvalue weighted by Gasteiger charge is -2.35. The lowest BCUT2D eigenvalue weighted by molar-refractivity contribution is -0.146. The molecule has 8 rings (SSSR count). The van der Waals surface area contributed by atoms with Gasteiger partial charge in [-0.3, -0.25) is 14.5 Å². The predicted octanol–water partition coefficient (Wildman–Crippen LogP) is 7.21. The topological polar surface area (TPSA) is 185 Å². The van der Waals surface area contributed by atoms with Crippen LogP contribution in [0, 0.1) is 23.2 Å². The average molecular weight is 931 g/mol. The molecule has 9 atom stereocenters. The van der Waals surface area contributed by atoms with Crippen LogP contribution in [-0.4, -0.2) is 123 Å².